The van der Waals surface area contributed by atoms with Crippen molar-refractivity contribution in [3.63, 3.8) is 0 Å². The van der Waals surface area contributed by atoms with Gasteiger partial charge in [0.25, 0.3) is 0 Å². The molecule has 3 nitrogen and oxygen atoms in total. The van der Waals surface area contributed by atoms with Crippen molar-refractivity contribution >= 4 is 27.4 Å². The van der Waals surface area contributed by atoms with Crippen LogP contribution >= 0.6 is 11.3 Å². The Bertz CT molecular complexity index is 1100. The number of hydrogen-bond acceptors (Lipinski definition) is 3. The number of aryl methyl sites for hydroxylation is 1. The van der Waals surface area contributed by atoms with Gasteiger partial charge in [-0.05, 0) is 46.7 Å². The Morgan fingerprint density at radius 3 is 2.46 bits per heavy atom. The van der Waals surface area contributed by atoms with E-state index >= 15 is 0 Å². The third kappa shape index (κ3) is 4.07. The summed E-state index contributed by atoms with van der Waals surface area (Å²) in [5.41, 5.74) is 4.57. The van der Waals surface area contributed by atoms with E-state index in [1.807, 2.05) is 30.3 Å². The Labute approximate surface area is 167 Å². The first-order valence-electron chi connectivity index (χ1n) is 9.19. The van der Waals surface area contributed by atoms with Crippen LogP contribution in [0.15, 0.2) is 78.2 Å². The molecule has 0 bridgehead atoms. The van der Waals surface area contributed by atoms with Crippen LogP contribution in [0.25, 0.3) is 21.2 Å². The van der Waals surface area contributed by atoms with Gasteiger partial charge < -0.3 is 9.84 Å². The molecular formula is C24H20O3S. The second kappa shape index (κ2) is 8.28. The van der Waals surface area contributed by atoms with E-state index < -0.39 is 5.97 Å². The predicted molar refractivity (Wildman–Crippen MR) is 114 cm³/mol. The van der Waals surface area contributed by atoms with Crippen molar-refractivity contribution < 1.29 is 14.6 Å². The number of fused-ring (bicyclic) bond motifs is 1. The molecule has 0 unspecified atom stereocenters. The monoisotopic (exact) mass is 388 g/mol. The maximum atomic E-state index is 10.7. The lowest BCUT2D eigenvalue weighted by Crippen LogP contribution is -1.99. The van der Waals surface area contributed by atoms with E-state index in [0.29, 0.717) is 13.0 Å². The summed E-state index contributed by atoms with van der Waals surface area (Å²) in [4.78, 5) is 10.7. The Hall–Kier alpha value is -3.11. The number of carboxylic acid groups (broad SMARTS) is 1. The Morgan fingerprint density at radius 1 is 0.893 bits per heavy atom. The summed E-state index contributed by atoms with van der Waals surface area (Å²) < 4.78 is 7.29. The van der Waals surface area contributed by atoms with Gasteiger partial charge in [-0.2, -0.15) is 0 Å². The zero-order valence-corrected chi connectivity index (χ0v) is 16.1. The fourth-order valence-corrected chi connectivity index (χ4v) is 4.22. The molecule has 0 saturated heterocycles. The quantitative estimate of drug-likeness (QED) is 0.412. The molecule has 0 aliphatic heterocycles. The third-order valence-corrected chi connectivity index (χ3v) is 5.70. The molecule has 0 aliphatic carbocycles. The maximum Gasteiger partial charge on any atom is 0.303 e. The average molecular weight is 388 g/mol. The highest BCUT2D eigenvalue weighted by Gasteiger charge is 2.10. The molecule has 140 valence electrons. The number of thiophene rings is 1. The molecule has 4 rings (SSSR count). The molecule has 1 aromatic heterocycles. The van der Waals surface area contributed by atoms with Crippen molar-refractivity contribution in [3.05, 3.63) is 89.3 Å². The van der Waals surface area contributed by atoms with Crippen LogP contribution in [-0.4, -0.2) is 11.1 Å². The van der Waals surface area contributed by atoms with Crippen LogP contribution in [0.3, 0.4) is 0 Å². The number of hydrogen-bond donors (Lipinski definition) is 1. The molecule has 0 spiro atoms. The lowest BCUT2D eigenvalue weighted by Gasteiger charge is -2.11. The predicted octanol–water partition coefficient (Wildman–Crippen LogP) is 6.16. The van der Waals surface area contributed by atoms with Gasteiger partial charge in [0.1, 0.15) is 12.4 Å². The topological polar surface area (TPSA) is 46.5 Å². The maximum absolute atomic E-state index is 10.7. The molecule has 1 N–H and O–H groups in total. The van der Waals surface area contributed by atoms with Crippen LogP contribution in [0, 0.1) is 0 Å². The molecule has 0 aliphatic rings. The van der Waals surface area contributed by atoms with Gasteiger partial charge in [-0.1, -0.05) is 54.6 Å². The Morgan fingerprint density at radius 2 is 1.64 bits per heavy atom. The summed E-state index contributed by atoms with van der Waals surface area (Å²) in [6.07, 6.45) is 0.672. The molecule has 4 heteroatoms. The normalized spacial score (nSPS) is 10.9. The van der Waals surface area contributed by atoms with Crippen LogP contribution in [0.1, 0.15) is 17.5 Å². The molecule has 4 aromatic rings. The lowest BCUT2D eigenvalue weighted by molar-refractivity contribution is -0.136. The molecule has 3 aromatic carbocycles. The highest BCUT2D eigenvalue weighted by molar-refractivity contribution is 7.17. The van der Waals surface area contributed by atoms with Crippen LogP contribution in [0.5, 0.6) is 5.75 Å². The summed E-state index contributed by atoms with van der Waals surface area (Å²) in [6.45, 7) is 0.481. The lowest BCUT2D eigenvalue weighted by atomic mass is 9.99. The Kier molecular flexibility index (Phi) is 5.40. The number of carbonyl (C=O) groups is 1. The van der Waals surface area contributed by atoms with Crippen molar-refractivity contribution in [2.45, 2.75) is 19.4 Å². The van der Waals surface area contributed by atoms with Crippen molar-refractivity contribution in [1.82, 2.24) is 0 Å². The first-order chi connectivity index (χ1) is 13.7. The molecule has 0 saturated carbocycles. The highest BCUT2D eigenvalue weighted by Crippen LogP contribution is 2.35. The molecular weight excluding hydrogens is 368 g/mol. The van der Waals surface area contributed by atoms with Crippen LogP contribution < -0.4 is 4.74 Å². The number of rotatable bonds is 7. The van der Waals surface area contributed by atoms with Gasteiger partial charge in [0.05, 0.1) is 0 Å². The van der Waals surface area contributed by atoms with Gasteiger partial charge in [-0.3, -0.25) is 4.79 Å². The molecule has 0 atom stereocenters. The van der Waals surface area contributed by atoms with Gasteiger partial charge in [-0.15, -0.1) is 11.3 Å². The molecule has 0 amide bonds. The summed E-state index contributed by atoms with van der Waals surface area (Å²) in [7, 11) is 0. The van der Waals surface area contributed by atoms with Gasteiger partial charge in [0.15, 0.2) is 0 Å². The second-order valence-corrected chi connectivity index (χ2v) is 7.54. The number of carboxylic acids is 1. The number of aliphatic carboxylic acids is 1. The first-order valence-corrected chi connectivity index (χ1v) is 10.1. The van der Waals surface area contributed by atoms with E-state index in [-0.39, 0.29) is 6.42 Å². The van der Waals surface area contributed by atoms with E-state index in [0.717, 1.165) is 16.9 Å². The second-order valence-electron chi connectivity index (χ2n) is 6.63. The van der Waals surface area contributed by atoms with E-state index in [1.54, 1.807) is 11.3 Å². The summed E-state index contributed by atoms with van der Waals surface area (Å²) in [6, 6.07) is 24.4. The fraction of sp³-hybridized carbons (Fsp3) is 0.125. The average Bonchev–Trinajstić information content (AvgIpc) is 3.16. The zero-order valence-electron chi connectivity index (χ0n) is 15.3. The van der Waals surface area contributed by atoms with Crippen LogP contribution in [-0.2, 0) is 17.8 Å². The van der Waals surface area contributed by atoms with E-state index in [4.69, 9.17) is 9.84 Å². The molecule has 28 heavy (non-hydrogen) atoms. The molecule has 0 fully saturated rings. The van der Waals surface area contributed by atoms with Crippen molar-refractivity contribution in [1.29, 1.82) is 0 Å². The Balaban J connectivity index is 1.51. The van der Waals surface area contributed by atoms with E-state index in [9.17, 15) is 4.79 Å². The smallest absolute Gasteiger partial charge is 0.303 e. The molecule has 1 heterocycles. The fourth-order valence-electron chi connectivity index (χ4n) is 3.26. The minimum absolute atomic E-state index is 0.141. The molecule has 0 radical (unpaired) electrons. The zero-order chi connectivity index (χ0) is 19.3. The SMILES string of the molecule is O=C(O)CCc1ccc(OCc2ccccc2-c2csc3ccccc23)cc1. The van der Waals surface area contributed by atoms with Crippen LogP contribution in [0.4, 0.5) is 0 Å². The van der Waals surface area contributed by atoms with Gasteiger partial charge in [-0.25, -0.2) is 0 Å². The third-order valence-electron chi connectivity index (χ3n) is 4.73. The number of benzene rings is 3. The van der Waals surface area contributed by atoms with Gasteiger partial charge in [0, 0.05) is 22.1 Å². The van der Waals surface area contributed by atoms with Crippen molar-refractivity contribution in [3.8, 4) is 16.9 Å². The summed E-state index contributed by atoms with van der Waals surface area (Å²) in [5.74, 6) is 0.00180. The van der Waals surface area contributed by atoms with Crippen molar-refractivity contribution in [2.75, 3.05) is 0 Å². The summed E-state index contributed by atoms with van der Waals surface area (Å²) >= 11 is 1.76. The van der Waals surface area contributed by atoms with Crippen LogP contribution in [0.2, 0.25) is 0 Å². The summed E-state index contributed by atoms with van der Waals surface area (Å²) in [5, 5.41) is 12.3. The standard InChI is InChI=1S/C24H20O3S/c25-24(26)14-11-17-9-12-19(13-10-17)27-15-18-5-1-2-6-20(18)22-16-28-23-8-4-3-7-21(22)23/h1-10,12-13,16H,11,14-15H2,(H,25,26). The minimum atomic E-state index is -0.780. The minimum Gasteiger partial charge on any atom is -0.489 e. The highest BCUT2D eigenvalue weighted by atomic mass is 32.1. The van der Waals surface area contributed by atoms with E-state index in [2.05, 4.69) is 47.8 Å². The van der Waals surface area contributed by atoms with Gasteiger partial charge >= 0.3 is 5.97 Å². The van der Waals surface area contributed by atoms with E-state index in [1.165, 1.54) is 21.2 Å². The first kappa shape index (κ1) is 18.3. The van der Waals surface area contributed by atoms with Gasteiger partial charge in [0.2, 0.25) is 0 Å². The van der Waals surface area contributed by atoms with Crippen molar-refractivity contribution in [2.24, 2.45) is 0 Å². The number of ether oxygens (including phenoxy) is 1. The largest absolute Gasteiger partial charge is 0.489 e.